The van der Waals surface area contributed by atoms with Crippen LogP contribution in [0.5, 0.6) is 0 Å². The van der Waals surface area contributed by atoms with Gasteiger partial charge >= 0.3 is 29.6 Å². The standard InChI is InChI=1S/C6H11NO.C3H3Br.C3H9NO.Na.H2O/c1-3-4-7(2)5-6-8;1-2-3-4;1-4-2-3-5;;/h1,8H,4-6H2,2H3;1H,3H2;4-5H,2-3H2,1H3;;1H2/q;;;+1;/p-1. The molecule has 0 radical (unpaired) electrons. The predicted molar refractivity (Wildman–Crippen MR) is 79.0 cm³/mol. The third kappa shape index (κ3) is 56.0. The van der Waals surface area contributed by atoms with Crippen LogP contribution in [0, 0.1) is 24.7 Å². The fourth-order valence-electron chi connectivity index (χ4n) is 0.517. The average Bonchev–Trinajstić information content (AvgIpc) is 2.32. The number of terminal acetylenes is 2. The van der Waals surface area contributed by atoms with Crippen LogP contribution < -0.4 is 34.9 Å². The van der Waals surface area contributed by atoms with Crippen LogP contribution in [0.25, 0.3) is 0 Å². The molecule has 0 aromatic heterocycles. The second-order valence-electron chi connectivity index (χ2n) is 2.83. The Hall–Kier alpha value is 0.400. The third-order valence-corrected chi connectivity index (χ3v) is 1.61. The predicted octanol–water partition coefficient (Wildman–Crippen LogP) is -3.42. The first-order valence-electron chi connectivity index (χ1n) is 5.12. The molecule has 0 aromatic rings. The van der Waals surface area contributed by atoms with Crippen LogP contribution in [0.4, 0.5) is 0 Å². The maximum absolute atomic E-state index is 8.35. The molecule has 0 amide bonds. The summed E-state index contributed by atoms with van der Waals surface area (Å²) in [6.07, 6.45) is 9.72. The molecule has 0 aliphatic heterocycles. The number of aliphatic hydroxyl groups is 2. The molecule has 108 valence electrons. The Kier molecular flexibility index (Phi) is 60.4. The summed E-state index contributed by atoms with van der Waals surface area (Å²) in [7, 11) is 3.67. The molecule has 0 heterocycles. The average molecular weight is 347 g/mol. The van der Waals surface area contributed by atoms with Gasteiger partial charge in [-0.05, 0) is 14.1 Å². The van der Waals surface area contributed by atoms with Crippen molar-refractivity contribution in [1.29, 1.82) is 0 Å². The zero-order chi connectivity index (χ0) is 13.9. The van der Waals surface area contributed by atoms with E-state index < -0.39 is 0 Å². The van der Waals surface area contributed by atoms with Gasteiger partial charge in [0, 0.05) is 13.1 Å². The summed E-state index contributed by atoms with van der Waals surface area (Å²) in [4.78, 5) is 1.88. The molecular formula is C12H24BrN2NaO3. The molecule has 0 aliphatic carbocycles. The van der Waals surface area contributed by atoms with E-state index in [0.29, 0.717) is 25.0 Å². The molecule has 0 fully saturated rings. The normalized spacial score (nSPS) is 7.16. The van der Waals surface area contributed by atoms with Crippen LogP contribution >= 0.6 is 15.9 Å². The fourth-order valence-corrected chi connectivity index (χ4v) is 0.517. The van der Waals surface area contributed by atoms with Gasteiger partial charge in [-0.25, -0.2) is 0 Å². The van der Waals surface area contributed by atoms with Crippen LogP contribution in [0.3, 0.4) is 0 Å². The van der Waals surface area contributed by atoms with Gasteiger partial charge in [0.05, 0.1) is 25.1 Å². The molecule has 0 aromatic carbocycles. The molecule has 0 atom stereocenters. The van der Waals surface area contributed by atoms with Crippen molar-refractivity contribution in [2.45, 2.75) is 0 Å². The minimum Gasteiger partial charge on any atom is -0.870 e. The number of hydrogen-bond donors (Lipinski definition) is 3. The first-order valence-corrected chi connectivity index (χ1v) is 6.24. The van der Waals surface area contributed by atoms with E-state index >= 15 is 0 Å². The van der Waals surface area contributed by atoms with Crippen LogP contribution in [0.2, 0.25) is 0 Å². The summed E-state index contributed by atoms with van der Waals surface area (Å²) in [6.45, 7) is 2.37. The molecule has 19 heavy (non-hydrogen) atoms. The fraction of sp³-hybridized carbons (Fsp3) is 0.667. The van der Waals surface area contributed by atoms with E-state index in [4.69, 9.17) is 23.1 Å². The van der Waals surface area contributed by atoms with E-state index in [1.54, 1.807) is 7.05 Å². The Bertz CT molecular complexity index is 206. The van der Waals surface area contributed by atoms with Crippen LogP contribution in [-0.4, -0.2) is 72.9 Å². The summed E-state index contributed by atoms with van der Waals surface area (Å²) >= 11 is 3.01. The summed E-state index contributed by atoms with van der Waals surface area (Å²) in [6, 6.07) is 0. The van der Waals surface area contributed by atoms with E-state index in [1.807, 2.05) is 11.9 Å². The number of alkyl halides is 1. The smallest absolute Gasteiger partial charge is 0.870 e. The number of likely N-dealkylation sites (N-methyl/N-ethyl adjacent to an activating group) is 2. The molecule has 0 bridgehead atoms. The maximum atomic E-state index is 8.35. The molecule has 0 unspecified atom stereocenters. The van der Waals surface area contributed by atoms with Crippen LogP contribution in [0.15, 0.2) is 0 Å². The first kappa shape index (κ1) is 31.7. The first-order chi connectivity index (χ1) is 8.14. The Morgan fingerprint density at radius 1 is 1.21 bits per heavy atom. The van der Waals surface area contributed by atoms with Gasteiger partial charge in [-0.3, -0.25) is 4.90 Å². The molecule has 0 saturated heterocycles. The summed E-state index contributed by atoms with van der Waals surface area (Å²) in [5.74, 6) is 4.81. The molecule has 7 heteroatoms. The monoisotopic (exact) mass is 346 g/mol. The van der Waals surface area contributed by atoms with E-state index in [-0.39, 0.29) is 48.2 Å². The number of nitrogens with one attached hydrogen (secondary N) is 1. The minimum atomic E-state index is 0. The van der Waals surface area contributed by atoms with Crippen LogP contribution in [0.1, 0.15) is 0 Å². The van der Waals surface area contributed by atoms with Gasteiger partial charge < -0.3 is 21.0 Å². The van der Waals surface area contributed by atoms with Crippen molar-refractivity contribution in [3.8, 4) is 24.7 Å². The summed E-state index contributed by atoms with van der Waals surface area (Å²) in [5.41, 5.74) is 0. The van der Waals surface area contributed by atoms with Gasteiger partial charge in [0.2, 0.25) is 0 Å². The second kappa shape index (κ2) is 36.2. The van der Waals surface area contributed by atoms with Gasteiger partial charge in [-0.15, -0.1) is 12.8 Å². The van der Waals surface area contributed by atoms with Gasteiger partial charge in [0.25, 0.3) is 0 Å². The van der Waals surface area contributed by atoms with Crippen molar-refractivity contribution in [2.24, 2.45) is 0 Å². The van der Waals surface area contributed by atoms with Gasteiger partial charge in [-0.1, -0.05) is 27.8 Å². The Morgan fingerprint density at radius 3 is 1.84 bits per heavy atom. The number of aliphatic hydroxyl groups excluding tert-OH is 2. The molecule has 5 nitrogen and oxygen atoms in total. The second-order valence-corrected chi connectivity index (χ2v) is 3.39. The molecule has 0 rings (SSSR count). The van der Waals surface area contributed by atoms with Crippen molar-refractivity contribution >= 4 is 15.9 Å². The molecule has 0 aliphatic rings. The van der Waals surface area contributed by atoms with E-state index in [0.717, 1.165) is 0 Å². The molecular weight excluding hydrogens is 323 g/mol. The van der Waals surface area contributed by atoms with E-state index in [9.17, 15) is 0 Å². The largest absolute Gasteiger partial charge is 1.00 e. The maximum Gasteiger partial charge on any atom is 1.00 e. The van der Waals surface area contributed by atoms with Gasteiger partial charge in [-0.2, -0.15) is 0 Å². The van der Waals surface area contributed by atoms with Gasteiger partial charge in [0.15, 0.2) is 0 Å². The van der Waals surface area contributed by atoms with Crippen molar-refractivity contribution in [2.75, 3.05) is 52.3 Å². The Labute approximate surface area is 147 Å². The molecule has 0 saturated carbocycles. The van der Waals surface area contributed by atoms with Crippen molar-refractivity contribution < 1.29 is 45.2 Å². The summed E-state index contributed by atoms with van der Waals surface area (Å²) in [5, 5.41) is 19.8. The Balaban J connectivity index is -0.0000000524. The quantitative estimate of drug-likeness (QED) is 0.274. The number of nitrogens with zero attached hydrogens (tertiary/aromatic N) is 1. The molecule has 4 N–H and O–H groups in total. The zero-order valence-corrected chi connectivity index (χ0v) is 15.7. The summed E-state index contributed by atoms with van der Waals surface area (Å²) < 4.78 is 0. The minimum absolute atomic E-state index is 0. The van der Waals surface area contributed by atoms with Crippen molar-refractivity contribution in [1.82, 2.24) is 10.2 Å². The van der Waals surface area contributed by atoms with Crippen LogP contribution in [-0.2, 0) is 0 Å². The number of hydrogen-bond acceptors (Lipinski definition) is 5. The zero-order valence-electron chi connectivity index (χ0n) is 12.1. The topological polar surface area (TPSA) is 85.7 Å². The van der Waals surface area contributed by atoms with E-state index in [2.05, 4.69) is 33.1 Å². The molecule has 0 spiro atoms. The van der Waals surface area contributed by atoms with E-state index in [1.165, 1.54) is 0 Å². The van der Waals surface area contributed by atoms with Crippen molar-refractivity contribution in [3.05, 3.63) is 0 Å². The SMILES string of the molecule is C#CCBr.C#CCN(C)CCO.CNCCO.[Na+].[OH-]. The van der Waals surface area contributed by atoms with Gasteiger partial charge in [0.1, 0.15) is 0 Å². The number of rotatable bonds is 5. The number of halogens is 1. The van der Waals surface area contributed by atoms with Crippen molar-refractivity contribution in [3.63, 3.8) is 0 Å². The third-order valence-electron chi connectivity index (χ3n) is 1.28. The Morgan fingerprint density at radius 2 is 1.68 bits per heavy atom.